The summed E-state index contributed by atoms with van der Waals surface area (Å²) in [7, 11) is 1.72. The fraction of sp³-hybridized carbons (Fsp3) is 0.478. The number of guanidine groups is 1. The van der Waals surface area contributed by atoms with Crippen molar-refractivity contribution < 1.29 is 9.84 Å². The van der Waals surface area contributed by atoms with Gasteiger partial charge in [0.15, 0.2) is 5.96 Å². The summed E-state index contributed by atoms with van der Waals surface area (Å²) >= 11 is 0. The molecule has 1 aromatic heterocycles. The lowest BCUT2D eigenvalue weighted by Gasteiger charge is -2.28. The Balaban J connectivity index is 1.72. The van der Waals surface area contributed by atoms with E-state index < -0.39 is 6.10 Å². The van der Waals surface area contributed by atoms with E-state index in [-0.39, 0.29) is 6.04 Å². The maximum atomic E-state index is 10.4. The number of pyridine rings is 1. The Morgan fingerprint density at radius 2 is 1.90 bits per heavy atom. The highest BCUT2D eigenvalue weighted by Gasteiger charge is 2.25. The van der Waals surface area contributed by atoms with Crippen molar-refractivity contribution in [2.24, 2.45) is 4.99 Å². The predicted octanol–water partition coefficient (Wildman–Crippen LogP) is 2.52. The molecule has 2 atom stereocenters. The molecule has 2 aromatic rings. The highest BCUT2D eigenvalue weighted by Crippen LogP contribution is 2.31. The zero-order chi connectivity index (χ0) is 21.2. The molecule has 0 bridgehead atoms. The first-order valence-electron chi connectivity index (χ1n) is 10.7. The number of ether oxygens (including phenoxy) is 1. The number of aliphatic imine (C=N–C) groups is 1. The minimum atomic E-state index is -0.625. The number of hydrogen-bond donors (Lipinski definition) is 3. The Hall–Kier alpha value is -2.64. The van der Waals surface area contributed by atoms with Crippen molar-refractivity contribution in [3.63, 3.8) is 0 Å². The molecular formula is C23H33N5O2. The average molecular weight is 412 g/mol. The molecule has 0 spiro atoms. The molecule has 2 heterocycles. The Morgan fingerprint density at radius 1 is 1.17 bits per heavy atom. The van der Waals surface area contributed by atoms with Crippen LogP contribution in [0.5, 0.6) is 5.75 Å². The van der Waals surface area contributed by atoms with Gasteiger partial charge in [-0.05, 0) is 56.6 Å². The van der Waals surface area contributed by atoms with Gasteiger partial charge >= 0.3 is 0 Å². The number of aliphatic hydroxyl groups is 1. The van der Waals surface area contributed by atoms with Crippen LogP contribution in [0.3, 0.4) is 0 Å². The second-order valence-corrected chi connectivity index (χ2v) is 7.40. The van der Waals surface area contributed by atoms with Crippen molar-refractivity contribution in [3.8, 4) is 5.75 Å². The van der Waals surface area contributed by atoms with Crippen LogP contribution in [0, 0.1) is 0 Å². The van der Waals surface area contributed by atoms with E-state index in [4.69, 9.17) is 9.73 Å². The SMILES string of the molecule is CCNC(=NCC(c1ccccc1OC)N1CCCC1)NCC(O)c1ccncc1. The fourth-order valence-corrected chi connectivity index (χ4v) is 3.82. The zero-order valence-corrected chi connectivity index (χ0v) is 17.9. The summed E-state index contributed by atoms with van der Waals surface area (Å²) in [5.74, 6) is 1.60. The van der Waals surface area contributed by atoms with Crippen molar-refractivity contribution >= 4 is 5.96 Å². The van der Waals surface area contributed by atoms with Crippen LogP contribution in [0.4, 0.5) is 0 Å². The number of para-hydroxylation sites is 1. The van der Waals surface area contributed by atoms with Gasteiger partial charge in [-0.25, -0.2) is 0 Å². The molecular weight excluding hydrogens is 378 g/mol. The second kappa shape index (κ2) is 11.5. The maximum Gasteiger partial charge on any atom is 0.191 e. The third kappa shape index (κ3) is 5.93. The number of methoxy groups -OCH3 is 1. The first-order valence-corrected chi connectivity index (χ1v) is 10.7. The summed E-state index contributed by atoms with van der Waals surface area (Å²) in [4.78, 5) is 11.3. The van der Waals surface area contributed by atoms with E-state index in [1.165, 1.54) is 18.4 Å². The van der Waals surface area contributed by atoms with Gasteiger partial charge in [-0.3, -0.25) is 14.9 Å². The number of hydrogen-bond acceptors (Lipinski definition) is 5. The van der Waals surface area contributed by atoms with Crippen LogP contribution in [-0.2, 0) is 0 Å². The minimum Gasteiger partial charge on any atom is -0.496 e. The maximum absolute atomic E-state index is 10.4. The number of nitrogens with one attached hydrogen (secondary N) is 2. The van der Waals surface area contributed by atoms with Gasteiger partial charge in [-0.1, -0.05) is 18.2 Å². The first kappa shape index (κ1) is 22.1. The van der Waals surface area contributed by atoms with Gasteiger partial charge in [0, 0.05) is 31.0 Å². The second-order valence-electron chi connectivity index (χ2n) is 7.40. The van der Waals surface area contributed by atoms with Crippen LogP contribution in [0.2, 0.25) is 0 Å². The zero-order valence-electron chi connectivity index (χ0n) is 17.9. The topological polar surface area (TPSA) is 82.0 Å². The molecule has 0 amide bonds. The summed E-state index contributed by atoms with van der Waals surface area (Å²) in [6, 6.07) is 12.0. The lowest BCUT2D eigenvalue weighted by molar-refractivity contribution is 0.180. The van der Waals surface area contributed by atoms with Crippen molar-refractivity contribution in [2.75, 3.05) is 39.8 Å². The molecule has 30 heavy (non-hydrogen) atoms. The Labute approximate surface area is 179 Å². The standard InChI is InChI=1S/C23H33N5O2/c1-3-25-23(27-17-21(29)18-10-12-24-13-11-18)26-16-20(28-14-6-7-15-28)19-8-4-5-9-22(19)30-2/h4-5,8-13,20-21,29H,3,6-7,14-17H2,1-2H3,(H2,25,26,27). The van der Waals surface area contributed by atoms with E-state index in [9.17, 15) is 5.11 Å². The fourth-order valence-electron chi connectivity index (χ4n) is 3.82. The van der Waals surface area contributed by atoms with Crippen LogP contribution < -0.4 is 15.4 Å². The van der Waals surface area contributed by atoms with Crippen LogP contribution in [0.1, 0.15) is 43.0 Å². The van der Waals surface area contributed by atoms with Gasteiger partial charge in [-0.15, -0.1) is 0 Å². The molecule has 7 nitrogen and oxygen atoms in total. The van der Waals surface area contributed by atoms with Gasteiger partial charge in [0.25, 0.3) is 0 Å². The van der Waals surface area contributed by atoms with Crippen molar-refractivity contribution in [1.82, 2.24) is 20.5 Å². The van der Waals surface area contributed by atoms with Gasteiger partial charge in [0.1, 0.15) is 5.75 Å². The van der Waals surface area contributed by atoms with Crippen molar-refractivity contribution in [3.05, 3.63) is 59.9 Å². The number of likely N-dealkylation sites (tertiary alicyclic amines) is 1. The third-order valence-corrected chi connectivity index (χ3v) is 5.40. The lowest BCUT2D eigenvalue weighted by Crippen LogP contribution is -2.40. The molecule has 0 aliphatic carbocycles. The lowest BCUT2D eigenvalue weighted by atomic mass is 10.0. The molecule has 3 rings (SSSR count). The van der Waals surface area contributed by atoms with E-state index >= 15 is 0 Å². The molecule has 1 aromatic carbocycles. The van der Waals surface area contributed by atoms with Crippen LogP contribution in [0.15, 0.2) is 53.8 Å². The van der Waals surface area contributed by atoms with Crippen molar-refractivity contribution in [1.29, 1.82) is 0 Å². The van der Waals surface area contributed by atoms with Gasteiger partial charge in [0.05, 0.1) is 25.8 Å². The van der Waals surface area contributed by atoms with E-state index in [1.54, 1.807) is 19.5 Å². The molecule has 1 aliphatic heterocycles. The number of rotatable bonds is 9. The molecule has 7 heteroatoms. The van der Waals surface area contributed by atoms with E-state index in [0.717, 1.165) is 30.9 Å². The quantitative estimate of drug-likeness (QED) is 0.435. The number of benzene rings is 1. The summed E-state index contributed by atoms with van der Waals surface area (Å²) < 4.78 is 5.62. The van der Waals surface area contributed by atoms with Crippen LogP contribution in [0.25, 0.3) is 0 Å². The number of aromatic nitrogens is 1. The molecule has 162 valence electrons. The molecule has 2 unspecified atom stereocenters. The molecule has 1 saturated heterocycles. The third-order valence-electron chi connectivity index (χ3n) is 5.40. The highest BCUT2D eigenvalue weighted by atomic mass is 16.5. The summed E-state index contributed by atoms with van der Waals surface area (Å²) in [6.07, 6.45) is 5.18. The van der Waals surface area contributed by atoms with Crippen LogP contribution in [-0.4, -0.2) is 60.8 Å². The molecule has 3 N–H and O–H groups in total. The monoisotopic (exact) mass is 411 g/mol. The molecule has 0 saturated carbocycles. The Kier molecular flexibility index (Phi) is 8.47. The van der Waals surface area contributed by atoms with E-state index in [1.807, 2.05) is 31.2 Å². The minimum absolute atomic E-state index is 0.157. The summed E-state index contributed by atoms with van der Waals surface area (Å²) in [6.45, 7) is 5.92. The van der Waals surface area contributed by atoms with Gasteiger partial charge in [0.2, 0.25) is 0 Å². The van der Waals surface area contributed by atoms with Gasteiger partial charge in [-0.2, -0.15) is 0 Å². The molecule has 0 radical (unpaired) electrons. The summed E-state index contributed by atoms with van der Waals surface area (Å²) in [5.41, 5.74) is 2.00. The first-order chi connectivity index (χ1) is 14.7. The average Bonchev–Trinajstić information content (AvgIpc) is 3.33. The number of aliphatic hydroxyl groups excluding tert-OH is 1. The van der Waals surface area contributed by atoms with Crippen molar-refractivity contribution in [2.45, 2.75) is 31.9 Å². The van der Waals surface area contributed by atoms with Gasteiger partial charge < -0.3 is 20.5 Å². The normalized spacial score (nSPS) is 16.8. The molecule has 1 fully saturated rings. The van der Waals surface area contributed by atoms with E-state index in [2.05, 4.69) is 32.7 Å². The molecule has 1 aliphatic rings. The Bertz CT molecular complexity index is 793. The number of nitrogens with zero attached hydrogens (tertiary/aromatic N) is 3. The van der Waals surface area contributed by atoms with E-state index in [0.29, 0.717) is 19.0 Å². The smallest absolute Gasteiger partial charge is 0.191 e. The summed E-state index contributed by atoms with van der Waals surface area (Å²) in [5, 5.41) is 17.0. The largest absolute Gasteiger partial charge is 0.496 e. The Morgan fingerprint density at radius 3 is 2.60 bits per heavy atom. The predicted molar refractivity (Wildman–Crippen MR) is 120 cm³/mol. The van der Waals surface area contributed by atoms with Crippen LogP contribution >= 0.6 is 0 Å². The highest BCUT2D eigenvalue weighted by molar-refractivity contribution is 5.79.